The van der Waals surface area contributed by atoms with Crippen molar-refractivity contribution in [1.29, 1.82) is 0 Å². The molecule has 0 radical (unpaired) electrons. The highest BCUT2D eigenvalue weighted by Crippen LogP contribution is 2.66. The van der Waals surface area contributed by atoms with Gasteiger partial charge in [0.15, 0.2) is 11.4 Å². The lowest BCUT2D eigenvalue weighted by molar-refractivity contribution is -0.172. The first-order valence-corrected chi connectivity index (χ1v) is 27.9. The molecule has 4 aromatic rings. The predicted octanol–water partition coefficient (Wildman–Crippen LogP) is 8.61. The molecule has 7 aliphatic rings. The van der Waals surface area contributed by atoms with Crippen LogP contribution >= 0.6 is 0 Å². The number of cyclic esters (lactones) is 1. The molecule has 2 aromatic carbocycles. The van der Waals surface area contributed by atoms with Crippen molar-refractivity contribution in [2.45, 2.75) is 135 Å². The van der Waals surface area contributed by atoms with Crippen LogP contribution in [0.2, 0.25) is 0 Å². The second kappa shape index (κ2) is 20.4. The molecular weight excluding hydrogens is 957 g/mol. The van der Waals surface area contributed by atoms with Crippen molar-refractivity contribution in [2.24, 2.45) is 17.3 Å². The van der Waals surface area contributed by atoms with Gasteiger partial charge in [-0.1, -0.05) is 50.3 Å². The normalized spacial score (nSPS) is 26.7. The lowest BCUT2D eigenvalue weighted by Gasteiger charge is -2.53. The molecule has 3 aliphatic heterocycles. The van der Waals surface area contributed by atoms with Gasteiger partial charge in [0.1, 0.15) is 18.0 Å². The summed E-state index contributed by atoms with van der Waals surface area (Å²) in [5, 5.41) is 24.2. The van der Waals surface area contributed by atoms with Crippen molar-refractivity contribution in [3.63, 3.8) is 0 Å². The Hall–Kier alpha value is -6.11. The van der Waals surface area contributed by atoms with Gasteiger partial charge in [-0.2, -0.15) is 0 Å². The van der Waals surface area contributed by atoms with Crippen LogP contribution in [0.15, 0.2) is 76.1 Å². The van der Waals surface area contributed by atoms with Gasteiger partial charge in [-0.3, -0.25) is 14.5 Å². The Balaban J connectivity index is 0.668. The lowest BCUT2D eigenvalue weighted by Crippen LogP contribution is -2.51. The zero-order valence-corrected chi connectivity index (χ0v) is 45.3. The maximum Gasteiger partial charge on any atom is 0.415 e. The summed E-state index contributed by atoms with van der Waals surface area (Å²) in [6.07, 6.45) is 12.1. The van der Waals surface area contributed by atoms with Crippen LogP contribution < -0.4 is 15.2 Å². The summed E-state index contributed by atoms with van der Waals surface area (Å²) >= 11 is 0. The standard InChI is InChI=1S/C62H74N6O8/c1-7-24-61(73)25-23-50-45-19-15-40-32-43(69)18-20-44(40)55(45)47(35-60(50,61)3)39-13-16-42(17-14-39)65(6)26-11-9-10-12-27-66-28-30-67(31-29-66)59(72)76-54-22-21-52-46(48(54)37-64(4)5)33-41-36-68-53(56(41)63-52)34-51-49(57(68)70)38-75-58(71)62(51,74)8-2/h13-14,16-17,21-22,32-34,45,47,50,73-74H,8-12,15,18-20,23,25-31,35-38H2,1-6H3/t45-,47+,50-,60-,61-,62-/m0/s1. The number of aliphatic hydroxyl groups is 2. The van der Waals surface area contributed by atoms with Gasteiger partial charge < -0.3 is 39.0 Å². The Morgan fingerprint density at radius 2 is 1.72 bits per heavy atom. The molecule has 6 atom stereocenters. The molecule has 2 N–H and O–H groups in total. The van der Waals surface area contributed by atoms with Crippen LogP contribution in [0, 0.1) is 29.1 Å². The quantitative estimate of drug-likeness (QED) is 0.0659. The Morgan fingerprint density at radius 1 is 0.947 bits per heavy atom. The second-order valence-corrected chi connectivity index (χ2v) is 23.3. The third kappa shape index (κ3) is 8.98. The van der Waals surface area contributed by atoms with Gasteiger partial charge in [0.2, 0.25) is 0 Å². The summed E-state index contributed by atoms with van der Waals surface area (Å²) in [6.45, 7) is 11.1. The topological polar surface area (TPSA) is 158 Å². The van der Waals surface area contributed by atoms with Crippen molar-refractivity contribution in [3.05, 3.63) is 109 Å². The van der Waals surface area contributed by atoms with Crippen LogP contribution in [0.25, 0.3) is 22.3 Å². The first-order valence-electron chi connectivity index (χ1n) is 27.9. The largest absolute Gasteiger partial charge is 0.458 e. The fourth-order valence-corrected chi connectivity index (χ4v) is 14.5. The average molecular weight is 1030 g/mol. The molecule has 1 saturated heterocycles. The number of allylic oxidation sites excluding steroid dienone is 4. The van der Waals surface area contributed by atoms with E-state index in [9.17, 15) is 29.4 Å². The summed E-state index contributed by atoms with van der Waals surface area (Å²) in [5.41, 5.74) is 7.32. The molecule has 76 heavy (non-hydrogen) atoms. The zero-order valence-electron chi connectivity index (χ0n) is 45.3. The van der Waals surface area contributed by atoms with E-state index < -0.39 is 17.2 Å². The van der Waals surface area contributed by atoms with E-state index in [0.717, 1.165) is 107 Å². The second-order valence-electron chi connectivity index (χ2n) is 23.3. The number of hydrogen-bond donors (Lipinski definition) is 2. The number of ketones is 1. The number of amides is 1. The van der Waals surface area contributed by atoms with Crippen LogP contribution in [0.1, 0.15) is 132 Å². The molecule has 400 valence electrons. The maximum absolute atomic E-state index is 13.8. The predicted molar refractivity (Wildman–Crippen MR) is 293 cm³/mol. The summed E-state index contributed by atoms with van der Waals surface area (Å²) in [4.78, 5) is 66.4. The van der Waals surface area contributed by atoms with Gasteiger partial charge in [-0.25, -0.2) is 14.6 Å². The number of esters is 1. The first kappa shape index (κ1) is 52.0. The molecule has 4 aliphatic carbocycles. The maximum atomic E-state index is 13.8. The smallest absolute Gasteiger partial charge is 0.415 e. The highest BCUT2D eigenvalue weighted by molar-refractivity contribution is 5.93. The van der Waals surface area contributed by atoms with Gasteiger partial charge in [0.25, 0.3) is 5.56 Å². The molecule has 2 aromatic heterocycles. The first-order chi connectivity index (χ1) is 36.5. The van der Waals surface area contributed by atoms with Gasteiger partial charge in [-0.05, 0) is 156 Å². The molecule has 3 fully saturated rings. The van der Waals surface area contributed by atoms with E-state index in [4.69, 9.17) is 14.5 Å². The Labute approximate surface area is 446 Å². The van der Waals surface area contributed by atoms with Crippen molar-refractivity contribution >= 4 is 34.4 Å². The Morgan fingerprint density at radius 3 is 2.47 bits per heavy atom. The van der Waals surface area contributed by atoms with Crippen molar-refractivity contribution in [2.75, 3.05) is 65.3 Å². The van der Waals surface area contributed by atoms with E-state index in [-0.39, 0.29) is 59.5 Å². The molecule has 14 nitrogen and oxygen atoms in total. The van der Waals surface area contributed by atoms with Crippen LogP contribution in [-0.2, 0) is 39.6 Å². The number of benzene rings is 2. The average Bonchev–Trinajstić information content (AvgIpc) is 4.04. The van der Waals surface area contributed by atoms with E-state index in [0.29, 0.717) is 60.5 Å². The number of piperazine rings is 1. The monoisotopic (exact) mass is 1030 g/mol. The number of carbonyl (C=O) groups is 3. The number of anilines is 1. The number of nitrogens with zero attached hydrogens (tertiary/aromatic N) is 6. The number of fused-ring (bicyclic) bond motifs is 9. The van der Waals surface area contributed by atoms with E-state index in [1.54, 1.807) is 34.1 Å². The SMILES string of the molecule is CC#C[C@]1(O)CC[C@H]2[C@@H]3CCC4=CC(=O)CCC4=C3[C@@H](c3ccc(N(C)CCCCCCN4CCN(C(=O)Oc5ccc6nc7c(cc6c5CN(C)C)Cn5c-7cc6c(c5=O)COC(=O)[C@]6(O)CC)CC4)cc3)C[C@@]21C. The molecule has 2 saturated carbocycles. The highest BCUT2D eigenvalue weighted by Gasteiger charge is 2.62. The Bertz CT molecular complexity index is 3190. The van der Waals surface area contributed by atoms with Crippen molar-refractivity contribution in [3.8, 4) is 29.0 Å². The molecule has 11 rings (SSSR count). The van der Waals surface area contributed by atoms with Crippen molar-refractivity contribution < 1.29 is 34.1 Å². The third-order valence-corrected chi connectivity index (χ3v) is 18.7. The van der Waals surface area contributed by atoms with Gasteiger partial charge >= 0.3 is 12.1 Å². The molecule has 0 spiro atoms. The molecule has 1 amide bonds. The molecule has 5 heterocycles. The van der Waals surface area contributed by atoms with Crippen LogP contribution in [0.5, 0.6) is 5.75 Å². The van der Waals surface area contributed by atoms with Crippen molar-refractivity contribution in [1.82, 2.24) is 24.3 Å². The Kier molecular flexibility index (Phi) is 13.9. The number of pyridine rings is 2. The van der Waals surface area contributed by atoms with Crippen LogP contribution in [-0.4, -0.2) is 118 Å². The number of aromatic nitrogens is 2. The summed E-state index contributed by atoms with van der Waals surface area (Å²) in [7, 11) is 6.11. The zero-order chi connectivity index (χ0) is 53.3. The van der Waals surface area contributed by atoms with Gasteiger partial charge in [-0.15, -0.1) is 5.92 Å². The van der Waals surface area contributed by atoms with Gasteiger partial charge in [0.05, 0.1) is 29.0 Å². The van der Waals surface area contributed by atoms with Crippen LogP contribution in [0.4, 0.5) is 10.5 Å². The number of ether oxygens (including phenoxy) is 2. The minimum absolute atomic E-state index is 0.0717. The highest BCUT2D eigenvalue weighted by atomic mass is 16.6. The number of unbranched alkanes of at least 4 members (excludes halogenated alkanes) is 3. The van der Waals surface area contributed by atoms with E-state index in [2.05, 4.69) is 59.9 Å². The van der Waals surface area contributed by atoms with E-state index in [1.165, 1.54) is 22.4 Å². The van der Waals surface area contributed by atoms with E-state index >= 15 is 0 Å². The molecule has 0 bridgehead atoms. The third-order valence-electron chi connectivity index (χ3n) is 18.7. The fourth-order valence-electron chi connectivity index (χ4n) is 14.5. The number of carbonyl (C=O) groups excluding carboxylic acids is 3. The summed E-state index contributed by atoms with van der Waals surface area (Å²) in [6, 6.07) is 16.6. The molecule has 0 unspecified atom stereocenters. The van der Waals surface area contributed by atoms with Crippen LogP contribution in [0.3, 0.4) is 0 Å². The fraction of sp³-hybridized carbons (Fsp3) is 0.532. The van der Waals surface area contributed by atoms with Gasteiger partial charge in [0, 0.05) is 91.8 Å². The molecular formula is C62H74N6O8. The summed E-state index contributed by atoms with van der Waals surface area (Å²) < 4.78 is 13.1. The minimum Gasteiger partial charge on any atom is -0.458 e. The summed E-state index contributed by atoms with van der Waals surface area (Å²) in [5.74, 6) is 7.34. The molecule has 14 heteroatoms. The minimum atomic E-state index is -1.90. The number of hydrogen-bond acceptors (Lipinski definition) is 12. The van der Waals surface area contributed by atoms with E-state index in [1.807, 2.05) is 44.1 Å². The lowest BCUT2D eigenvalue weighted by atomic mass is 9.51. The number of rotatable bonds is 13.